The van der Waals surface area contributed by atoms with Crippen molar-refractivity contribution in [2.45, 2.75) is 12.7 Å². The van der Waals surface area contributed by atoms with Crippen LogP contribution >= 0.6 is 0 Å². The first-order valence-corrected chi connectivity index (χ1v) is 6.03. The third kappa shape index (κ3) is 3.66. The maximum Gasteiger partial charge on any atom is 0.417 e. The summed E-state index contributed by atoms with van der Waals surface area (Å²) in [4.78, 5) is 0. The number of rotatable bonds is 3. The zero-order valence-electron chi connectivity index (χ0n) is 10.8. The minimum atomic E-state index is -4.54. The second kappa shape index (κ2) is 5.75. The Kier molecular flexibility index (Phi) is 4.03. The van der Waals surface area contributed by atoms with Crippen LogP contribution in [-0.4, -0.2) is 5.11 Å². The van der Waals surface area contributed by atoms with E-state index >= 15 is 0 Å². The predicted molar refractivity (Wildman–Crippen MR) is 71.6 cm³/mol. The summed E-state index contributed by atoms with van der Waals surface area (Å²) in [5.41, 5.74) is -0.0859. The molecule has 2 rings (SSSR count). The number of nitrogens with one attached hydrogen (secondary N) is 1. The fourth-order valence-corrected chi connectivity index (χ4v) is 1.81. The third-order valence-electron chi connectivity index (χ3n) is 2.88. The van der Waals surface area contributed by atoms with Gasteiger partial charge in [-0.25, -0.2) is 0 Å². The van der Waals surface area contributed by atoms with Gasteiger partial charge in [-0.15, -0.1) is 0 Å². The highest BCUT2D eigenvalue weighted by atomic mass is 19.4. The molecule has 0 amide bonds. The van der Waals surface area contributed by atoms with Crippen molar-refractivity contribution in [1.29, 1.82) is 5.26 Å². The molecule has 3 nitrogen and oxygen atoms in total. The van der Waals surface area contributed by atoms with Gasteiger partial charge in [0.05, 0.1) is 17.2 Å². The third-order valence-corrected chi connectivity index (χ3v) is 2.88. The molecule has 108 valence electrons. The number of anilines is 1. The summed E-state index contributed by atoms with van der Waals surface area (Å²) in [6, 6.07) is 11.3. The molecule has 0 radical (unpaired) electrons. The van der Waals surface area contributed by atoms with Gasteiger partial charge >= 0.3 is 6.18 Å². The van der Waals surface area contributed by atoms with Crippen LogP contribution in [0.5, 0.6) is 5.75 Å². The lowest BCUT2D eigenvalue weighted by atomic mass is 10.1. The minimum absolute atomic E-state index is 0.139. The molecule has 0 fully saturated rings. The maximum absolute atomic E-state index is 12.7. The Morgan fingerprint density at radius 2 is 1.76 bits per heavy atom. The van der Waals surface area contributed by atoms with E-state index in [2.05, 4.69) is 5.32 Å². The monoisotopic (exact) mass is 292 g/mol. The van der Waals surface area contributed by atoms with E-state index in [1.807, 2.05) is 0 Å². The molecule has 0 aromatic heterocycles. The summed E-state index contributed by atoms with van der Waals surface area (Å²) in [5, 5.41) is 20.9. The van der Waals surface area contributed by atoms with Gasteiger partial charge in [-0.3, -0.25) is 0 Å². The quantitative estimate of drug-likeness (QED) is 0.902. The average Bonchev–Trinajstić information content (AvgIpc) is 2.45. The molecule has 2 aromatic rings. The van der Waals surface area contributed by atoms with Gasteiger partial charge < -0.3 is 10.4 Å². The molecule has 21 heavy (non-hydrogen) atoms. The molecule has 0 heterocycles. The fraction of sp³-hybridized carbons (Fsp3) is 0.133. The van der Waals surface area contributed by atoms with Crippen molar-refractivity contribution >= 4 is 5.69 Å². The second-order valence-corrected chi connectivity index (χ2v) is 4.39. The van der Waals surface area contributed by atoms with E-state index in [-0.39, 0.29) is 5.75 Å². The smallest absolute Gasteiger partial charge is 0.417 e. The summed E-state index contributed by atoms with van der Waals surface area (Å²) < 4.78 is 38.0. The number of alkyl halides is 3. The molecule has 0 aliphatic heterocycles. The molecule has 6 heteroatoms. The lowest BCUT2D eigenvalue weighted by Gasteiger charge is -2.11. The summed E-state index contributed by atoms with van der Waals surface area (Å²) in [5.74, 6) is 0.139. The lowest BCUT2D eigenvalue weighted by Crippen LogP contribution is -2.08. The molecule has 0 unspecified atom stereocenters. The van der Waals surface area contributed by atoms with Gasteiger partial charge in [0.1, 0.15) is 5.75 Å². The van der Waals surface area contributed by atoms with Crippen molar-refractivity contribution in [2.75, 3.05) is 5.32 Å². The van der Waals surface area contributed by atoms with Gasteiger partial charge in [-0.1, -0.05) is 12.1 Å². The van der Waals surface area contributed by atoms with Crippen molar-refractivity contribution in [3.8, 4) is 11.8 Å². The van der Waals surface area contributed by atoms with Crippen molar-refractivity contribution in [3.05, 3.63) is 59.2 Å². The molecule has 2 aromatic carbocycles. The molecular formula is C15H11F3N2O. The lowest BCUT2D eigenvalue weighted by molar-refractivity contribution is -0.137. The summed E-state index contributed by atoms with van der Waals surface area (Å²) >= 11 is 0. The summed E-state index contributed by atoms with van der Waals surface area (Å²) in [6.07, 6.45) is -4.54. The summed E-state index contributed by atoms with van der Waals surface area (Å²) in [6.45, 7) is 0.372. The van der Waals surface area contributed by atoms with Crippen LogP contribution in [-0.2, 0) is 12.7 Å². The topological polar surface area (TPSA) is 56.0 Å². The number of benzene rings is 2. The Morgan fingerprint density at radius 1 is 1.10 bits per heavy atom. The first kappa shape index (κ1) is 14.7. The van der Waals surface area contributed by atoms with Gasteiger partial charge in [0.25, 0.3) is 0 Å². The van der Waals surface area contributed by atoms with Crippen LogP contribution in [0.15, 0.2) is 42.5 Å². The number of halogens is 3. The molecule has 0 aliphatic carbocycles. The Labute approximate surface area is 119 Å². The van der Waals surface area contributed by atoms with Crippen molar-refractivity contribution in [2.24, 2.45) is 0 Å². The Hall–Kier alpha value is -2.68. The van der Waals surface area contributed by atoms with Crippen molar-refractivity contribution in [3.63, 3.8) is 0 Å². The van der Waals surface area contributed by atoms with Crippen LogP contribution in [0.3, 0.4) is 0 Å². The number of aromatic hydroxyl groups is 1. The van der Waals surface area contributed by atoms with Gasteiger partial charge in [0.15, 0.2) is 0 Å². The highest BCUT2D eigenvalue weighted by Crippen LogP contribution is 2.33. The Bertz CT molecular complexity index is 673. The molecule has 0 spiro atoms. The fourth-order valence-electron chi connectivity index (χ4n) is 1.81. The van der Waals surface area contributed by atoms with Crippen LogP contribution < -0.4 is 5.32 Å². The Balaban J connectivity index is 2.15. The van der Waals surface area contributed by atoms with Crippen LogP contribution in [0, 0.1) is 11.3 Å². The van der Waals surface area contributed by atoms with Crippen LogP contribution in [0.4, 0.5) is 18.9 Å². The van der Waals surface area contributed by atoms with E-state index in [0.29, 0.717) is 12.2 Å². The SMILES string of the molecule is N#Cc1cc(NCc2ccc(O)cc2)ccc1C(F)(F)F. The molecule has 0 atom stereocenters. The zero-order chi connectivity index (χ0) is 15.5. The first-order chi connectivity index (χ1) is 9.90. The predicted octanol–water partition coefficient (Wildman–Crippen LogP) is 3.89. The van der Waals surface area contributed by atoms with E-state index in [1.165, 1.54) is 24.3 Å². The van der Waals surface area contributed by atoms with Gasteiger partial charge in [-0.05, 0) is 35.9 Å². The standard InChI is InChI=1S/C15H11F3N2O/c16-15(17,18)14-6-3-12(7-11(14)8-19)20-9-10-1-4-13(21)5-2-10/h1-7,20-21H,9H2. The van der Waals surface area contributed by atoms with Gasteiger partial charge in [0, 0.05) is 12.2 Å². The number of hydrogen-bond acceptors (Lipinski definition) is 3. The first-order valence-electron chi connectivity index (χ1n) is 6.03. The molecule has 2 N–H and O–H groups in total. The zero-order valence-corrected chi connectivity index (χ0v) is 10.8. The van der Waals surface area contributed by atoms with E-state index in [9.17, 15) is 13.2 Å². The van der Waals surface area contributed by atoms with Gasteiger partial charge in [-0.2, -0.15) is 18.4 Å². The van der Waals surface area contributed by atoms with Crippen LogP contribution in [0.1, 0.15) is 16.7 Å². The molecule has 0 aliphatic rings. The molecular weight excluding hydrogens is 281 g/mol. The summed E-state index contributed by atoms with van der Waals surface area (Å²) in [7, 11) is 0. The minimum Gasteiger partial charge on any atom is -0.508 e. The van der Waals surface area contributed by atoms with Gasteiger partial charge in [0.2, 0.25) is 0 Å². The number of phenols is 1. The van der Waals surface area contributed by atoms with E-state index in [4.69, 9.17) is 10.4 Å². The number of phenolic OH excluding ortho intramolecular Hbond substituents is 1. The van der Waals surface area contributed by atoms with Crippen molar-refractivity contribution < 1.29 is 18.3 Å². The average molecular weight is 292 g/mol. The van der Waals surface area contributed by atoms with E-state index in [1.54, 1.807) is 18.2 Å². The molecule has 0 bridgehead atoms. The highest BCUT2D eigenvalue weighted by Gasteiger charge is 2.33. The Morgan fingerprint density at radius 3 is 2.33 bits per heavy atom. The molecule has 0 saturated heterocycles. The number of nitriles is 1. The van der Waals surface area contributed by atoms with Crippen LogP contribution in [0.2, 0.25) is 0 Å². The second-order valence-electron chi connectivity index (χ2n) is 4.39. The van der Waals surface area contributed by atoms with E-state index in [0.717, 1.165) is 11.6 Å². The molecule has 0 saturated carbocycles. The van der Waals surface area contributed by atoms with E-state index < -0.39 is 17.3 Å². The highest BCUT2D eigenvalue weighted by molar-refractivity contribution is 5.53. The number of nitrogens with zero attached hydrogens (tertiary/aromatic N) is 1. The maximum atomic E-state index is 12.7. The largest absolute Gasteiger partial charge is 0.508 e. The number of hydrogen-bond donors (Lipinski definition) is 2. The van der Waals surface area contributed by atoms with Crippen molar-refractivity contribution in [1.82, 2.24) is 0 Å². The van der Waals surface area contributed by atoms with Crippen LogP contribution in [0.25, 0.3) is 0 Å². The normalized spacial score (nSPS) is 11.0.